The molecule has 47 heavy (non-hydrogen) atoms. The van der Waals surface area contributed by atoms with E-state index in [-0.39, 0.29) is 21.9 Å². The number of hydrogen-bond donors (Lipinski definition) is 7. The van der Waals surface area contributed by atoms with Gasteiger partial charge in [0.1, 0.15) is 24.1 Å². The molecule has 6 atom stereocenters. The number of rotatable bonds is 12. The van der Waals surface area contributed by atoms with Crippen molar-refractivity contribution in [1.82, 2.24) is 24.2 Å². The minimum Gasteiger partial charge on any atom is -0.388 e. The number of nitrogen functional groups attached to an aromatic ring is 1. The number of hydrogen-bond acceptors (Lipinski definition) is 15. The van der Waals surface area contributed by atoms with Gasteiger partial charge in [-0.2, -0.15) is 8.62 Å². The molecule has 0 aliphatic carbocycles. The number of sulfonamides is 1. The fourth-order valence-electron chi connectivity index (χ4n) is 4.91. The Morgan fingerprint density at radius 1 is 1.00 bits per heavy atom. The molecule has 25 heteroatoms. The van der Waals surface area contributed by atoms with Gasteiger partial charge in [0, 0.05) is 30.6 Å². The van der Waals surface area contributed by atoms with E-state index in [1.54, 1.807) is 43.3 Å². The summed E-state index contributed by atoms with van der Waals surface area (Å²) < 4.78 is 84.4. The molecule has 0 saturated carbocycles. The number of nitrogens with zero attached hydrogens (tertiary/aromatic N) is 5. The third kappa shape index (κ3) is 7.72. The van der Waals surface area contributed by atoms with Crippen molar-refractivity contribution in [3.05, 3.63) is 49.1 Å². The summed E-state index contributed by atoms with van der Waals surface area (Å²) in [5.41, 5.74) is 6.78. The van der Waals surface area contributed by atoms with Crippen LogP contribution in [0.25, 0.3) is 21.9 Å². The third-order valence-electron chi connectivity index (χ3n) is 6.77. The summed E-state index contributed by atoms with van der Waals surface area (Å²) in [6.45, 7) is -1.08. The Hall–Kier alpha value is -2.91. The summed E-state index contributed by atoms with van der Waals surface area (Å²) in [5.74, 6) is -0.0268. The molecule has 1 saturated heterocycles. The van der Waals surface area contributed by atoms with E-state index in [1.165, 1.54) is 23.0 Å². The van der Waals surface area contributed by atoms with Crippen molar-refractivity contribution >= 4 is 66.9 Å². The van der Waals surface area contributed by atoms with Gasteiger partial charge in [-0.1, -0.05) is 24.3 Å². The summed E-state index contributed by atoms with van der Waals surface area (Å²) in [5, 5.41) is 12.3. The summed E-state index contributed by atoms with van der Waals surface area (Å²) >= 11 is 0. The van der Waals surface area contributed by atoms with E-state index in [9.17, 15) is 37.0 Å². The standard InChI is InChI=1S/C22H28N7O14P3S/c1-28(2)14-7-3-6-13-12(14)5-4-8-16(13)47(38,39)27-17-19(30)15(9-40-45(34,35)43-46(36,37)42-44(31,32)33)41-22(17)29-11-26-18-20(23)24-10-25-21(18)29/h3-8,10-11,15,17,19,22,27,30H,9H2,1-2H3,(H,34,35)(H,36,37)(H2,23,24,25)(H2,31,32,33)/t15-,17-,19-,22-/m1/s1. The average Bonchev–Trinajstić information content (AvgIpc) is 3.50. The number of aliphatic hydroxyl groups excluding tert-OH is 1. The molecular weight excluding hydrogens is 711 g/mol. The van der Waals surface area contributed by atoms with Crippen LogP contribution in [0.15, 0.2) is 53.9 Å². The highest BCUT2D eigenvalue weighted by Gasteiger charge is 2.49. The first-order chi connectivity index (χ1) is 21.8. The van der Waals surface area contributed by atoms with Gasteiger partial charge in [0.15, 0.2) is 17.7 Å². The number of phosphoric acid groups is 3. The normalized spacial score (nSPS) is 23.1. The van der Waals surface area contributed by atoms with Gasteiger partial charge in [-0.05, 0) is 12.1 Å². The summed E-state index contributed by atoms with van der Waals surface area (Å²) in [6.07, 6.45) is -2.65. The van der Waals surface area contributed by atoms with Crippen LogP contribution in [-0.2, 0) is 41.6 Å². The van der Waals surface area contributed by atoms with E-state index >= 15 is 0 Å². The second-order valence-corrected chi connectivity index (χ2v) is 16.3. The van der Waals surface area contributed by atoms with E-state index in [0.717, 1.165) is 12.0 Å². The fraction of sp³-hybridized carbons (Fsp3) is 0.318. The smallest absolute Gasteiger partial charge is 0.388 e. The van der Waals surface area contributed by atoms with Gasteiger partial charge in [-0.15, -0.1) is 0 Å². The SMILES string of the molecule is CN(C)c1cccc2c(S(=O)(=O)N[C@@H]3[C@H](O)[C@@H](COP(=O)(O)OP(=O)(O)OP(=O)(O)O)O[C@H]3n3cnc4c(N)ncnc43)cccc12. The van der Waals surface area contributed by atoms with Gasteiger partial charge in [0.05, 0.1) is 23.9 Å². The van der Waals surface area contributed by atoms with E-state index in [2.05, 4.69) is 32.8 Å². The monoisotopic (exact) mass is 739 g/mol. The Morgan fingerprint density at radius 2 is 1.68 bits per heavy atom. The van der Waals surface area contributed by atoms with E-state index in [1.807, 2.05) is 0 Å². The zero-order valence-electron chi connectivity index (χ0n) is 24.1. The molecule has 0 radical (unpaired) electrons. The van der Waals surface area contributed by atoms with Gasteiger partial charge in [0.25, 0.3) is 0 Å². The number of anilines is 2. The van der Waals surface area contributed by atoms with Gasteiger partial charge < -0.3 is 40.1 Å². The van der Waals surface area contributed by atoms with Gasteiger partial charge in [-0.3, -0.25) is 9.09 Å². The molecule has 0 spiro atoms. The van der Waals surface area contributed by atoms with Gasteiger partial charge >= 0.3 is 23.5 Å². The van der Waals surface area contributed by atoms with Crippen LogP contribution < -0.4 is 15.4 Å². The zero-order chi connectivity index (χ0) is 34.5. The minimum atomic E-state index is -5.84. The van der Waals surface area contributed by atoms with E-state index in [4.69, 9.17) is 20.3 Å². The van der Waals surface area contributed by atoms with Crippen molar-refractivity contribution in [2.45, 2.75) is 29.4 Å². The van der Waals surface area contributed by atoms with Crippen LogP contribution in [0.1, 0.15) is 6.23 Å². The lowest BCUT2D eigenvalue weighted by molar-refractivity contribution is -0.0429. The van der Waals surface area contributed by atoms with Crippen LogP contribution in [0.3, 0.4) is 0 Å². The van der Waals surface area contributed by atoms with Crippen molar-refractivity contribution in [3.8, 4) is 0 Å². The van der Waals surface area contributed by atoms with E-state index < -0.39 is 64.6 Å². The zero-order valence-corrected chi connectivity index (χ0v) is 27.6. The molecule has 2 aromatic carbocycles. The topological polar surface area (TPSA) is 308 Å². The number of aromatic nitrogens is 4. The minimum absolute atomic E-state index is 0.0268. The Labute approximate surface area is 265 Å². The average molecular weight is 739 g/mol. The predicted octanol–water partition coefficient (Wildman–Crippen LogP) is 0.576. The number of fused-ring (bicyclic) bond motifs is 2. The first-order valence-electron chi connectivity index (χ1n) is 13.0. The predicted molar refractivity (Wildman–Crippen MR) is 162 cm³/mol. The van der Waals surface area contributed by atoms with Crippen LogP contribution >= 0.6 is 23.5 Å². The molecular formula is C22H28N7O14P3S. The highest BCUT2D eigenvalue weighted by Crippen LogP contribution is 2.66. The molecule has 2 aromatic heterocycles. The first-order valence-corrected chi connectivity index (χ1v) is 19.1. The Kier molecular flexibility index (Phi) is 9.67. The van der Waals surface area contributed by atoms with Crippen LogP contribution in [0.4, 0.5) is 11.5 Å². The van der Waals surface area contributed by atoms with Crippen molar-refractivity contribution in [3.63, 3.8) is 0 Å². The number of nitrogens with two attached hydrogens (primary N) is 1. The number of phosphoric ester groups is 1. The number of aliphatic hydroxyl groups is 1. The van der Waals surface area contributed by atoms with Crippen LogP contribution in [-0.4, -0.2) is 91.6 Å². The fourth-order valence-corrected chi connectivity index (χ4v) is 9.40. The number of imidazole rings is 1. The van der Waals surface area contributed by atoms with Crippen molar-refractivity contribution in [2.75, 3.05) is 31.3 Å². The van der Waals surface area contributed by atoms with Crippen molar-refractivity contribution < 1.29 is 64.7 Å². The molecule has 5 rings (SSSR count). The van der Waals surface area contributed by atoms with Gasteiger partial charge in [-0.25, -0.2) is 41.8 Å². The lowest BCUT2D eigenvalue weighted by Crippen LogP contribution is -2.46. The van der Waals surface area contributed by atoms with Crippen LogP contribution in [0.5, 0.6) is 0 Å². The second-order valence-electron chi connectivity index (χ2n) is 10.2. The molecule has 21 nitrogen and oxygen atoms in total. The molecule has 4 aromatic rings. The Bertz CT molecular complexity index is 2080. The highest BCUT2D eigenvalue weighted by molar-refractivity contribution is 7.89. The van der Waals surface area contributed by atoms with Gasteiger partial charge in [0.2, 0.25) is 10.0 Å². The molecule has 3 heterocycles. The van der Waals surface area contributed by atoms with Crippen molar-refractivity contribution in [1.29, 1.82) is 0 Å². The van der Waals surface area contributed by atoms with Crippen molar-refractivity contribution in [2.24, 2.45) is 0 Å². The maximum absolute atomic E-state index is 13.9. The Morgan fingerprint density at radius 3 is 2.36 bits per heavy atom. The number of nitrogens with one attached hydrogen (secondary N) is 1. The molecule has 2 unspecified atom stereocenters. The molecule has 0 amide bonds. The Balaban J connectivity index is 1.48. The second kappa shape index (κ2) is 12.8. The summed E-state index contributed by atoms with van der Waals surface area (Å²) in [4.78, 5) is 50.5. The maximum Gasteiger partial charge on any atom is 0.490 e. The highest BCUT2D eigenvalue weighted by atomic mass is 32.2. The van der Waals surface area contributed by atoms with Crippen LogP contribution in [0.2, 0.25) is 0 Å². The molecule has 8 N–H and O–H groups in total. The first kappa shape index (κ1) is 35.4. The molecule has 1 aliphatic heterocycles. The quantitative estimate of drug-likeness (QED) is 0.0977. The van der Waals surface area contributed by atoms with Crippen LogP contribution in [0, 0.1) is 0 Å². The largest absolute Gasteiger partial charge is 0.490 e. The third-order valence-corrected chi connectivity index (χ3v) is 12.1. The number of ether oxygens (including phenoxy) is 1. The summed E-state index contributed by atoms with van der Waals surface area (Å²) in [7, 11) is -18.0. The molecule has 1 fully saturated rings. The molecule has 1 aliphatic rings. The lowest BCUT2D eigenvalue weighted by atomic mass is 10.1. The number of benzene rings is 2. The molecule has 0 bridgehead atoms. The van der Waals surface area contributed by atoms with E-state index in [0.29, 0.717) is 10.8 Å². The maximum atomic E-state index is 13.9. The lowest BCUT2D eigenvalue weighted by Gasteiger charge is -2.23. The summed E-state index contributed by atoms with van der Waals surface area (Å²) in [6, 6.07) is 8.15. The molecule has 256 valence electrons.